The number of carbonyl (C=O) groups excluding carboxylic acids is 1. The van der Waals surface area contributed by atoms with Crippen molar-refractivity contribution >= 4 is 38.2 Å². The van der Waals surface area contributed by atoms with Crippen molar-refractivity contribution in [2.45, 2.75) is 31.7 Å². The summed E-state index contributed by atoms with van der Waals surface area (Å²) >= 11 is 0. The summed E-state index contributed by atoms with van der Waals surface area (Å²) in [5.41, 5.74) is 8.86. The molecule has 154 valence electrons. The highest BCUT2D eigenvalue weighted by molar-refractivity contribution is 7.89. The van der Waals surface area contributed by atoms with Gasteiger partial charge in [-0.2, -0.15) is 0 Å². The predicted octanol–water partition coefficient (Wildman–Crippen LogP) is 3.04. The number of hydrogen-bond acceptors (Lipinski definition) is 5. The number of rotatable bonds is 8. The number of anilines is 2. The summed E-state index contributed by atoms with van der Waals surface area (Å²) in [6.07, 6.45) is 1.75. The van der Waals surface area contributed by atoms with Crippen LogP contribution in [0.1, 0.15) is 31.1 Å². The van der Waals surface area contributed by atoms with E-state index in [-0.39, 0.29) is 16.8 Å². The third-order valence-corrected chi connectivity index (χ3v) is 5.81. The molecular formula is C20H25N5O3S. The van der Waals surface area contributed by atoms with Crippen LogP contribution in [0.3, 0.4) is 0 Å². The van der Waals surface area contributed by atoms with Gasteiger partial charge in [-0.3, -0.25) is 10.2 Å². The summed E-state index contributed by atoms with van der Waals surface area (Å²) in [6.45, 7) is 5.97. The van der Waals surface area contributed by atoms with Crippen LogP contribution in [-0.4, -0.2) is 31.9 Å². The maximum Gasteiger partial charge on any atom is 0.251 e. The van der Waals surface area contributed by atoms with Gasteiger partial charge in [-0.15, -0.1) is 0 Å². The van der Waals surface area contributed by atoms with Gasteiger partial charge in [0.2, 0.25) is 10.0 Å². The van der Waals surface area contributed by atoms with Crippen LogP contribution in [-0.2, 0) is 10.0 Å². The van der Waals surface area contributed by atoms with Crippen LogP contribution < -0.4 is 20.9 Å². The fourth-order valence-electron chi connectivity index (χ4n) is 2.89. The van der Waals surface area contributed by atoms with Gasteiger partial charge in [0, 0.05) is 35.2 Å². The standard InChI is InChI=1S/C20H25N5O3S/c1-4-21-20(26)14-6-5-7-15(10-14)23-24-19-12-22-18-9-8-16(11-17(18)19)29(27,28)25-13(2)3/h5-13,22-25H,4H2,1-3H3,(H,21,26). The Balaban J connectivity index is 1.82. The van der Waals surface area contributed by atoms with Crippen molar-refractivity contribution in [2.24, 2.45) is 0 Å². The van der Waals surface area contributed by atoms with Crippen LogP contribution in [0.2, 0.25) is 0 Å². The first-order valence-electron chi connectivity index (χ1n) is 9.34. The summed E-state index contributed by atoms with van der Waals surface area (Å²) in [5.74, 6) is -0.143. The highest BCUT2D eigenvalue weighted by atomic mass is 32.2. The van der Waals surface area contributed by atoms with Crippen molar-refractivity contribution in [2.75, 3.05) is 17.4 Å². The minimum absolute atomic E-state index is 0.143. The second kappa shape index (κ2) is 8.54. The second-order valence-electron chi connectivity index (χ2n) is 6.88. The van der Waals surface area contributed by atoms with Crippen LogP contribution in [0.5, 0.6) is 0 Å². The molecule has 2 aromatic carbocycles. The number of amides is 1. The van der Waals surface area contributed by atoms with Crippen LogP contribution in [0, 0.1) is 0 Å². The number of aromatic amines is 1. The zero-order valence-electron chi connectivity index (χ0n) is 16.5. The second-order valence-corrected chi connectivity index (χ2v) is 8.59. The summed E-state index contributed by atoms with van der Waals surface area (Å²) in [7, 11) is -3.59. The average molecular weight is 416 g/mol. The van der Waals surface area contributed by atoms with Crippen LogP contribution in [0.15, 0.2) is 53.6 Å². The molecule has 0 radical (unpaired) electrons. The maximum absolute atomic E-state index is 12.5. The highest BCUT2D eigenvalue weighted by Gasteiger charge is 2.17. The van der Waals surface area contributed by atoms with Crippen LogP contribution in [0.25, 0.3) is 10.9 Å². The molecular weight excluding hydrogens is 390 g/mol. The molecule has 0 bridgehead atoms. The van der Waals surface area contributed by atoms with Crippen molar-refractivity contribution in [3.8, 4) is 0 Å². The van der Waals surface area contributed by atoms with E-state index in [9.17, 15) is 13.2 Å². The van der Waals surface area contributed by atoms with Crippen molar-refractivity contribution in [3.05, 3.63) is 54.2 Å². The molecule has 3 aromatic rings. The highest BCUT2D eigenvalue weighted by Crippen LogP contribution is 2.26. The van der Waals surface area contributed by atoms with Gasteiger partial charge in [-0.25, -0.2) is 13.1 Å². The quantitative estimate of drug-likeness (QED) is 0.363. The van der Waals surface area contributed by atoms with Crippen molar-refractivity contribution in [1.82, 2.24) is 15.0 Å². The number of benzene rings is 2. The van der Waals surface area contributed by atoms with E-state index in [0.29, 0.717) is 23.5 Å². The molecule has 0 saturated carbocycles. The molecule has 8 nitrogen and oxygen atoms in total. The fourth-order valence-corrected chi connectivity index (χ4v) is 4.17. The van der Waals surface area contributed by atoms with Crippen LogP contribution >= 0.6 is 0 Å². The van der Waals surface area contributed by atoms with Crippen molar-refractivity contribution < 1.29 is 13.2 Å². The lowest BCUT2D eigenvalue weighted by Gasteiger charge is -2.12. The lowest BCUT2D eigenvalue weighted by atomic mass is 10.2. The molecule has 0 aliphatic heterocycles. The first-order valence-corrected chi connectivity index (χ1v) is 10.8. The summed E-state index contributed by atoms with van der Waals surface area (Å²) in [6, 6.07) is 11.8. The summed E-state index contributed by atoms with van der Waals surface area (Å²) in [4.78, 5) is 15.3. The third-order valence-electron chi connectivity index (χ3n) is 4.16. The Morgan fingerprint density at radius 2 is 1.90 bits per heavy atom. The van der Waals surface area contributed by atoms with E-state index in [1.54, 1.807) is 56.4 Å². The minimum atomic E-state index is -3.59. The zero-order valence-corrected chi connectivity index (χ0v) is 17.4. The number of sulfonamides is 1. The first-order chi connectivity index (χ1) is 13.8. The molecule has 1 amide bonds. The van der Waals surface area contributed by atoms with E-state index in [0.717, 1.165) is 10.9 Å². The molecule has 0 fully saturated rings. The number of H-pyrrole nitrogens is 1. The Morgan fingerprint density at radius 3 is 2.62 bits per heavy atom. The van der Waals surface area contributed by atoms with E-state index in [1.807, 2.05) is 13.0 Å². The number of aromatic nitrogens is 1. The monoisotopic (exact) mass is 415 g/mol. The van der Waals surface area contributed by atoms with Gasteiger partial charge in [0.1, 0.15) is 0 Å². The van der Waals surface area contributed by atoms with Gasteiger partial charge in [0.05, 0.1) is 16.3 Å². The SMILES string of the molecule is CCNC(=O)c1cccc(NNc2c[nH]c3ccc(S(=O)(=O)NC(C)C)cc23)c1. The smallest absolute Gasteiger partial charge is 0.251 e. The third kappa shape index (κ3) is 4.87. The fraction of sp³-hybridized carbons (Fsp3) is 0.250. The zero-order chi connectivity index (χ0) is 21.0. The van der Waals surface area contributed by atoms with Gasteiger partial charge in [-0.05, 0) is 57.2 Å². The Bertz CT molecular complexity index is 1120. The number of hydrogen-bond donors (Lipinski definition) is 5. The molecule has 3 rings (SSSR count). The van der Waals surface area contributed by atoms with Crippen molar-refractivity contribution in [3.63, 3.8) is 0 Å². The van der Waals surface area contributed by atoms with E-state index in [2.05, 4.69) is 25.9 Å². The number of nitrogens with one attached hydrogen (secondary N) is 5. The Hall–Kier alpha value is -3.04. The minimum Gasteiger partial charge on any atom is -0.359 e. The lowest BCUT2D eigenvalue weighted by molar-refractivity contribution is 0.0956. The average Bonchev–Trinajstić information content (AvgIpc) is 3.08. The molecule has 29 heavy (non-hydrogen) atoms. The maximum atomic E-state index is 12.5. The topological polar surface area (TPSA) is 115 Å². The molecule has 0 aliphatic rings. The number of fused-ring (bicyclic) bond motifs is 1. The Labute approximate surface area is 170 Å². The molecule has 0 saturated heterocycles. The molecule has 9 heteroatoms. The largest absolute Gasteiger partial charge is 0.359 e. The molecule has 1 heterocycles. The Morgan fingerprint density at radius 1 is 1.10 bits per heavy atom. The van der Waals surface area contributed by atoms with E-state index < -0.39 is 10.0 Å². The van der Waals surface area contributed by atoms with Crippen LogP contribution in [0.4, 0.5) is 11.4 Å². The molecule has 5 N–H and O–H groups in total. The molecule has 0 unspecified atom stereocenters. The first kappa shape index (κ1) is 20.7. The van der Waals surface area contributed by atoms with Gasteiger partial charge in [-0.1, -0.05) is 6.07 Å². The van der Waals surface area contributed by atoms with E-state index >= 15 is 0 Å². The normalized spacial score (nSPS) is 11.6. The van der Waals surface area contributed by atoms with Gasteiger partial charge >= 0.3 is 0 Å². The van der Waals surface area contributed by atoms with Gasteiger partial charge in [0.15, 0.2) is 0 Å². The molecule has 0 spiro atoms. The number of carbonyl (C=O) groups is 1. The van der Waals surface area contributed by atoms with E-state index in [1.165, 1.54) is 0 Å². The number of hydrazine groups is 1. The molecule has 0 aliphatic carbocycles. The molecule has 0 atom stereocenters. The summed E-state index contributed by atoms with van der Waals surface area (Å²) < 4.78 is 27.5. The van der Waals surface area contributed by atoms with Gasteiger partial charge < -0.3 is 15.7 Å². The lowest BCUT2D eigenvalue weighted by Crippen LogP contribution is -2.30. The van der Waals surface area contributed by atoms with E-state index in [4.69, 9.17) is 0 Å². The molecule has 1 aromatic heterocycles. The summed E-state index contributed by atoms with van der Waals surface area (Å²) in [5, 5.41) is 3.49. The van der Waals surface area contributed by atoms with Crippen molar-refractivity contribution in [1.29, 1.82) is 0 Å². The van der Waals surface area contributed by atoms with Gasteiger partial charge in [0.25, 0.3) is 5.91 Å². The predicted molar refractivity (Wildman–Crippen MR) is 115 cm³/mol. The Kier molecular flexibility index (Phi) is 6.09.